The van der Waals surface area contributed by atoms with Crippen LogP contribution in [0.1, 0.15) is 15.9 Å². The molecule has 0 aromatic heterocycles. The van der Waals surface area contributed by atoms with Crippen LogP contribution in [0.2, 0.25) is 5.02 Å². The lowest BCUT2D eigenvalue weighted by molar-refractivity contribution is -0.117. The molecule has 3 aromatic rings. The molecule has 6 nitrogen and oxygen atoms in total. The SMILES string of the molecule is O=C1NN(c2ccccc2)C(=O)/C1=C/c1ccc(OC(=O)c2ccc(Cl)cc2)c(Br)c1. The number of hydrazine groups is 1. The van der Waals surface area contributed by atoms with Crippen molar-refractivity contribution in [3.8, 4) is 5.75 Å². The van der Waals surface area contributed by atoms with Gasteiger partial charge < -0.3 is 4.74 Å². The molecule has 4 rings (SSSR count). The molecule has 3 aromatic carbocycles. The summed E-state index contributed by atoms with van der Waals surface area (Å²) in [6, 6.07) is 20.0. The third kappa shape index (κ3) is 4.52. The molecule has 31 heavy (non-hydrogen) atoms. The van der Waals surface area contributed by atoms with Crippen molar-refractivity contribution >= 4 is 57.1 Å². The minimum absolute atomic E-state index is 0.00154. The number of anilines is 1. The van der Waals surface area contributed by atoms with Gasteiger partial charge in [0.1, 0.15) is 11.3 Å². The zero-order chi connectivity index (χ0) is 22.0. The summed E-state index contributed by atoms with van der Waals surface area (Å²) in [5, 5.41) is 1.72. The lowest BCUT2D eigenvalue weighted by Crippen LogP contribution is -2.35. The molecule has 8 heteroatoms. The second-order valence-corrected chi connectivity index (χ2v) is 7.85. The van der Waals surface area contributed by atoms with Crippen molar-refractivity contribution in [2.45, 2.75) is 0 Å². The average molecular weight is 498 g/mol. The zero-order valence-electron chi connectivity index (χ0n) is 15.8. The normalized spacial score (nSPS) is 14.6. The molecule has 1 aliphatic heterocycles. The average Bonchev–Trinajstić information content (AvgIpc) is 3.05. The molecule has 2 amide bonds. The Morgan fingerprint density at radius 1 is 1.00 bits per heavy atom. The van der Waals surface area contributed by atoms with Crippen molar-refractivity contribution in [2.24, 2.45) is 0 Å². The van der Waals surface area contributed by atoms with Crippen LogP contribution in [0.25, 0.3) is 6.08 Å². The van der Waals surface area contributed by atoms with E-state index in [9.17, 15) is 14.4 Å². The number of ether oxygens (including phenoxy) is 1. The Morgan fingerprint density at radius 3 is 2.39 bits per heavy atom. The molecule has 1 aliphatic rings. The molecule has 0 unspecified atom stereocenters. The van der Waals surface area contributed by atoms with Crippen LogP contribution in [0.3, 0.4) is 0 Å². The quantitative estimate of drug-likeness (QED) is 0.244. The maximum absolute atomic E-state index is 12.7. The van der Waals surface area contributed by atoms with Crippen LogP contribution in [-0.2, 0) is 9.59 Å². The monoisotopic (exact) mass is 496 g/mol. The summed E-state index contributed by atoms with van der Waals surface area (Å²) in [7, 11) is 0. The van der Waals surface area contributed by atoms with Crippen molar-refractivity contribution < 1.29 is 19.1 Å². The summed E-state index contributed by atoms with van der Waals surface area (Å²) in [6.45, 7) is 0. The Morgan fingerprint density at radius 2 is 1.71 bits per heavy atom. The smallest absolute Gasteiger partial charge is 0.343 e. The fourth-order valence-corrected chi connectivity index (χ4v) is 3.52. The van der Waals surface area contributed by atoms with Crippen LogP contribution in [0.15, 0.2) is 82.8 Å². The predicted molar refractivity (Wildman–Crippen MR) is 121 cm³/mol. The summed E-state index contributed by atoms with van der Waals surface area (Å²) in [5.74, 6) is -1.18. The molecule has 0 radical (unpaired) electrons. The van der Waals surface area contributed by atoms with Crippen molar-refractivity contribution in [3.63, 3.8) is 0 Å². The number of hydrogen-bond acceptors (Lipinski definition) is 4. The lowest BCUT2D eigenvalue weighted by Gasteiger charge is -2.13. The number of amides is 2. The van der Waals surface area contributed by atoms with Crippen LogP contribution < -0.4 is 15.2 Å². The number of halogens is 2. The highest BCUT2D eigenvalue weighted by atomic mass is 79.9. The molecule has 0 spiro atoms. The van der Waals surface area contributed by atoms with Gasteiger partial charge in [0.25, 0.3) is 11.8 Å². The lowest BCUT2D eigenvalue weighted by atomic mass is 10.1. The van der Waals surface area contributed by atoms with E-state index >= 15 is 0 Å². The van der Waals surface area contributed by atoms with Crippen molar-refractivity contribution in [1.82, 2.24) is 5.43 Å². The first-order valence-electron chi connectivity index (χ1n) is 9.12. The van der Waals surface area contributed by atoms with Crippen LogP contribution in [0.5, 0.6) is 5.75 Å². The van der Waals surface area contributed by atoms with Gasteiger partial charge in [-0.2, -0.15) is 0 Å². The van der Waals surface area contributed by atoms with Gasteiger partial charge in [0.05, 0.1) is 15.7 Å². The van der Waals surface area contributed by atoms with E-state index in [2.05, 4.69) is 21.4 Å². The number of carbonyl (C=O) groups is 3. The van der Waals surface area contributed by atoms with E-state index in [4.69, 9.17) is 16.3 Å². The van der Waals surface area contributed by atoms with Gasteiger partial charge in [0.2, 0.25) is 0 Å². The first kappa shape index (κ1) is 20.8. The molecule has 0 saturated carbocycles. The first-order valence-corrected chi connectivity index (χ1v) is 10.3. The van der Waals surface area contributed by atoms with Gasteiger partial charge in [-0.3, -0.25) is 15.0 Å². The zero-order valence-corrected chi connectivity index (χ0v) is 18.2. The van der Waals surface area contributed by atoms with Gasteiger partial charge in [-0.1, -0.05) is 35.9 Å². The summed E-state index contributed by atoms with van der Waals surface area (Å²) in [4.78, 5) is 37.3. The standard InChI is InChI=1S/C23H14BrClN2O4/c24-19-13-14(6-11-20(19)31-23(30)15-7-9-16(25)10-8-15)12-18-21(28)26-27(22(18)29)17-4-2-1-3-5-17/h1-13H,(H,26,28)/b18-12+. The van der Waals surface area contributed by atoms with Gasteiger partial charge in [-0.05, 0) is 76.1 Å². The summed E-state index contributed by atoms with van der Waals surface area (Å²) in [6.07, 6.45) is 1.48. The molecule has 0 bridgehead atoms. The minimum Gasteiger partial charge on any atom is -0.422 e. The Labute approximate surface area is 191 Å². The van der Waals surface area contributed by atoms with E-state index in [0.717, 1.165) is 0 Å². The highest BCUT2D eigenvalue weighted by molar-refractivity contribution is 9.10. The molecule has 1 N–H and O–H groups in total. The van der Waals surface area contributed by atoms with Crippen LogP contribution in [-0.4, -0.2) is 17.8 Å². The van der Waals surface area contributed by atoms with Crippen molar-refractivity contribution in [3.05, 3.63) is 99.0 Å². The van der Waals surface area contributed by atoms with E-state index in [0.29, 0.717) is 32.1 Å². The largest absolute Gasteiger partial charge is 0.422 e. The number of rotatable bonds is 4. The van der Waals surface area contributed by atoms with Gasteiger partial charge in [-0.15, -0.1) is 0 Å². The number of nitrogens with one attached hydrogen (secondary N) is 1. The Kier molecular flexibility index (Phi) is 5.88. The van der Waals surface area contributed by atoms with E-state index in [1.54, 1.807) is 66.7 Å². The molecule has 1 fully saturated rings. The molecular weight excluding hydrogens is 484 g/mol. The molecule has 154 valence electrons. The Balaban J connectivity index is 1.53. The van der Waals surface area contributed by atoms with Crippen LogP contribution in [0, 0.1) is 0 Å². The molecule has 0 aliphatic carbocycles. The number of nitrogens with zero attached hydrogens (tertiary/aromatic N) is 1. The van der Waals surface area contributed by atoms with Gasteiger partial charge in [-0.25, -0.2) is 9.80 Å². The highest BCUT2D eigenvalue weighted by Crippen LogP contribution is 2.29. The molecule has 1 heterocycles. The number of para-hydroxylation sites is 1. The van der Waals surface area contributed by atoms with E-state index < -0.39 is 17.8 Å². The number of esters is 1. The van der Waals surface area contributed by atoms with Gasteiger partial charge in [0, 0.05) is 5.02 Å². The maximum Gasteiger partial charge on any atom is 0.343 e. The van der Waals surface area contributed by atoms with Crippen molar-refractivity contribution in [2.75, 3.05) is 5.01 Å². The minimum atomic E-state index is -0.535. The van der Waals surface area contributed by atoms with E-state index in [1.807, 2.05) is 6.07 Å². The van der Waals surface area contributed by atoms with Gasteiger partial charge in [0.15, 0.2) is 0 Å². The second kappa shape index (κ2) is 8.75. The molecule has 1 saturated heterocycles. The number of benzene rings is 3. The third-order valence-corrected chi connectivity index (χ3v) is 5.33. The first-order chi connectivity index (χ1) is 14.9. The topological polar surface area (TPSA) is 75.7 Å². The number of hydrogen-bond donors (Lipinski definition) is 1. The summed E-state index contributed by atoms with van der Waals surface area (Å²) < 4.78 is 5.90. The molecular formula is C23H14BrClN2O4. The number of carbonyl (C=O) groups excluding carboxylic acids is 3. The van der Waals surface area contributed by atoms with Crippen LogP contribution in [0.4, 0.5) is 5.69 Å². The fourth-order valence-electron chi connectivity index (χ4n) is 2.92. The van der Waals surface area contributed by atoms with Crippen molar-refractivity contribution in [1.29, 1.82) is 0 Å². The maximum atomic E-state index is 12.7. The second-order valence-electron chi connectivity index (χ2n) is 6.56. The Bertz CT molecular complexity index is 1210. The Hall–Kier alpha value is -3.42. The fraction of sp³-hybridized carbons (Fsp3) is 0. The summed E-state index contributed by atoms with van der Waals surface area (Å²) >= 11 is 9.20. The van der Waals surface area contributed by atoms with Crippen LogP contribution >= 0.6 is 27.5 Å². The summed E-state index contributed by atoms with van der Waals surface area (Å²) in [5.41, 5.74) is 4.06. The highest BCUT2D eigenvalue weighted by Gasteiger charge is 2.34. The third-order valence-electron chi connectivity index (χ3n) is 4.46. The predicted octanol–water partition coefficient (Wildman–Crippen LogP) is 4.78. The van der Waals surface area contributed by atoms with E-state index in [1.165, 1.54) is 11.1 Å². The van der Waals surface area contributed by atoms with Gasteiger partial charge >= 0.3 is 5.97 Å². The van der Waals surface area contributed by atoms with E-state index in [-0.39, 0.29) is 5.57 Å². The molecule has 0 atom stereocenters.